The second-order valence-corrected chi connectivity index (χ2v) is 3.71. The van der Waals surface area contributed by atoms with E-state index < -0.39 is 0 Å². The summed E-state index contributed by atoms with van der Waals surface area (Å²) in [5.74, 6) is -0.288. The largest absolute Gasteiger partial charge is 0.370 e. The van der Waals surface area contributed by atoms with Crippen molar-refractivity contribution in [3.05, 3.63) is 0 Å². The summed E-state index contributed by atoms with van der Waals surface area (Å²) in [5.41, 5.74) is 4.90. The molecule has 0 radical (unpaired) electrons. The molecule has 0 aliphatic rings. The Morgan fingerprint density at radius 2 is 2.11 bits per heavy atom. The van der Waals surface area contributed by atoms with E-state index in [1.165, 1.54) is 0 Å². The number of hydrogen-bond donors (Lipinski definition) is 1. The van der Waals surface area contributed by atoms with Crippen LogP contribution in [0, 0.1) is 0 Å². The third kappa shape index (κ3) is 7.76. The minimum absolute atomic E-state index is 0.288. The lowest BCUT2D eigenvalue weighted by molar-refractivity contribution is -0.118. The second kappa shape index (κ2) is 3.06. The minimum atomic E-state index is -0.297. The standard InChI is InChI=1S/C6H12ClNO/c1-6(2,7)4-3-5(8)9/h3-4H2,1-2H3,(H2,8,9). The van der Waals surface area contributed by atoms with Gasteiger partial charge in [-0.1, -0.05) is 0 Å². The van der Waals surface area contributed by atoms with Gasteiger partial charge in [0.25, 0.3) is 0 Å². The Kier molecular flexibility index (Phi) is 2.98. The van der Waals surface area contributed by atoms with E-state index in [0.717, 1.165) is 0 Å². The summed E-state index contributed by atoms with van der Waals surface area (Å²) < 4.78 is 0. The van der Waals surface area contributed by atoms with Crippen LogP contribution in [0.2, 0.25) is 0 Å². The van der Waals surface area contributed by atoms with Crippen LogP contribution in [-0.4, -0.2) is 10.8 Å². The van der Waals surface area contributed by atoms with Gasteiger partial charge >= 0.3 is 0 Å². The number of halogens is 1. The molecule has 0 saturated carbocycles. The second-order valence-electron chi connectivity index (χ2n) is 2.69. The first kappa shape index (κ1) is 8.76. The van der Waals surface area contributed by atoms with Gasteiger partial charge in [0.05, 0.1) is 0 Å². The van der Waals surface area contributed by atoms with Gasteiger partial charge in [0.15, 0.2) is 0 Å². The molecule has 0 heterocycles. The normalized spacial score (nSPS) is 11.4. The monoisotopic (exact) mass is 149 g/mol. The Bertz CT molecular complexity index is 106. The fraction of sp³-hybridized carbons (Fsp3) is 0.833. The van der Waals surface area contributed by atoms with Crippen molar-refractivity contribution in [3.63, 3.8) is 0 Å². The maximum Gasteiger partial charge on any atom is 0.217 e. The lowest BCUT2D eigenvalue weighted by atomic mass is 10.1. The number of primary amides is 1. The number of amides is 1. The molecule has 0 unspecified atom stereocenters. The summed E-state index contributed by atoms with van der Waals surface area (Å²) in [6.45, 7) is 3.72. The van der Waals surface area contributed by atoms with Crippen molar-refractivity contribution in [1.29, 1.82) is 0 Å². The lowest BCUT2D eigenvalue weighted by Gasteiger charge is -2.12. The molecule has 0 fully saturated rings. The highest BCUT2D eigenvalue weighted by atomic mass is 35.5. The van der Waals surface area contributed by atoms with Crippen LogP contribution in [0.15, 0.2) is 0 Å². The predicted octanol–water partition coefficient (Wildman–Crippen LogP) is 1.27. The zero-order valence-electron chi connectivity index (χ0n) is 5.78. The van der Waals surface area contributed by atoms with Crippen molar-refractivity contribution in [2.75, 3.05) is 0 Å². The molecule has 9 heavy (non-hydrogen) atoms. The zero-order chi connectivity index (χ0) is 7.49. The van der Waals surface area contributed by atoms with Crippen LogP contribution in [0.25, 0.3) is 0 Å². The molecule has 0 saturated heterocycles. The number of rotatable bonds is 3. The van der Waals surface area contributed by atoms with Crippen molar-refractivity contribution in [2.45, 2.75) is 31.6 Å². The number of hydrogen-bond acceptors (Lipinski definition) is 1. The molecule has 0 atom stereocenters. The van der Waals surface area contributed by atoms with Gasteiger partial charge in [0.2, 0.25) is 5.91 Å². The van der Waals surface area contributed by atoms with E-state index in [2.05, 4.69) is 0 Å². The molecule has 0 bridgehead atoms. The topological polar surface area (TPSA) is 43.1 Å². The molecule has 0 spiro atoms. The molecule has 2 N–H and O–H groups in total. The molecule has 2 nitrogen and oxygen atoms in total. The molecule has 0 aromatic carbocycles. The third-order valence-electron chi connectivity index (χ3n) is 0.966. The van der Waals surface area contributed by atoms with Gasteiger partial charge in [-0.3, -0.25) is 4.79 Å². The van der Waals surface area contributed by atoms with Crippen LogP contribution >= 0.6 is 11.6 Å². The summed E-state index contributed by atoms with van der Waals surface area (Å²) >= 11 is 5.77. The molecule has 0 aromatic rings. The first-order chi connectivity index (χ1) is 3.92. The Labute approximate surface area is 60.4 Å². The van der Waals surface area contributed by atoms with Crippen LogP contribution in [0.1, 0.15) is 26.7 Å². The maximum absolute atomic E-state index is 10.2. The molecular formula is C6H12ClNO. The van der Waals surface area contributed by atoms with Crippen molar-refractivity contribution >= 4 is 17.5 Å². The molecule has 0 rings (SSSR count). The zero-order valence-corrected chi connectivity index (χ0v) is 6.53. The lowest BCUT2D eigenvalue weighted by Crippen LogP contribution is -2.17. The minimum Gasteiger partial charge on any atom is -0.370 e. The summed E-state index contributed by atoms with van der Waals surface area (Å²) in [6, 6.07) is 0. The van der Waals surface area contributed by atoms with Crippen LogP contribution < -0.4 is 5.73 Å². The highest BCUT2D eigenvalue weighted by Gasteiger charge is 2.13. The SMILES string of the molecule is CC(C)(Cl)CCC(N)=O. The van der Waals surface area contributed by atoms with E-state index >= 15 is 0 Å². The Hall–Kier alpha value is -0.240. The van der Waals surface area contributed by atoms with Crippen molar-refractivity contribution in [3.8, 4) is 0 Å². The fourth-order valence-electron chi connectivity index (χ4n) is 0.420. The van der Waals surface area contributed by atoms with Crippen molar-refractivity contribution in [1.82, 2.24) is 0 Å². The van der Waals surface area contributed by atoms with Crippen molar-refractivity contribution in [2.24, 2.45) is 5.73 Å². The highest BCUT2D eigenvalue weighted by molar-refractivity contribution is 6.23. The van der Waals surface area contributed by atoms with Crippen LogP contribution in [0.3, 0.4) is 0 Å². The van der Waals surface area contributed by atoms with Crippen LogP contribution in [-0.2, 0) is 4.79 Å². The number of nitrogens with two attached hydrogens (primary N) is 1. The Morgan fingerprint density at radius 3 is 2.22 bits per heavy atom. The van der Waals surface area contributed by atoms with Crippen LogP contribution in [0.5, 0.6) is 0 Å². The van der Waals surface area contributed by atoms with Gasteiger partial charge in [-0.15, -0.1) is 11.6 Å². The van der Waals surface area contributed by atoms with Gasteiger partial charge in [-0.05, 0) is 20.3 Å². The molecule has 3 heteroatoms. The van der Waals surface area contributed by atoms with Gasteiger partial charge in [-0.25, -0.2) is 0 Å². The average Bonchev–Trinajstić information content (AvgIpc) is 1.59. The number of carbonyl (C=O) groups is 1. The van der Waals surface area contributed by atoms with Gasteiger partial charge in [-0.2, -0.15) is 0 Å². The molecule has 1 amide bonds. The highest BCUT2D eigenvalue weighted by Crippen LogP contribution is 2.18. The number of alkyl halides is 1. The third-order valence-corrected chi connectivity index (χ3v) is 1.15. The maximum atomic E-state index is 10.2. The first-order valence-electron chi connectivity index (χ1n) is 2.89. The van der Waals surface area contributed by atoms with E-state index in [1.54, 1.807) is 0 Å². The van der Waals surface area contributed by atoms with Gasteiger partial charge in [0.1, 0.15) is 0 Å². The molecule has 0 aromatic heterocycles. The summed E-state index contributed by atoms with van der Waals surface area (Å²) in [5, 5.41) is 0. The summed E-state index contributed by atoms with van der Waals surface area (Å²) in [7, 11) is 0. The van der Waals surface area contributed by atoms with E-state index in [9.17, 15) is 4.79 Å². The smallest absolute Gasteiger partial charge is 0.217 e. The Balaban J connectivity index is 3.39. The van der Waals surface area contributed by atoms with Gasteiger partial charge in [0, 0.05) is 11.3 Å². The van der Waals surface area contributed by atoms with E-state index in [1.807, 2.05) is 13.8 Å². The van der Waals surface area contributed by atoms with Crippen molar-refractivity contribution < 1.29 is 4.79 Å². The Morgan fingerprint density at radius 1 is 1.67 bits per heavy atom. The molecule has 0 aliphatic carbocycles. The molecule has 0 aliphatic heterocycles. The van der Waals surface area contributed by atoms with Gasteiger partial charge < -0.3 is 5.73 Å². The summed E-state index contributed by atoms with van der Waals surface area (Å²) in [6.07, 6.45) is 1.01. The van der Waals surface area contributed by atoms with E-state index in [0.29, 0.717) is 12.8 Å². The van der Waals surface area contributed by atoms with E-state index in [4.69, 9.17) is 17.3 Å². The quantitative estimate of drug-likeness (QED) is 0.604. The number of carbonyl (C=O) groups excluding carboxylic acids is 1. The summed E-state index contributed by atoms with van der Waals surface area (Å²) in [4.78, 5) is 9.91. The molecular weight excluding hydrogens is 138 g/mol. The first-order valence-corrected chi connectivity index (χ1v) is 3.27. The predicted molar refractivity (Wildman–Crippen MR) is 38.4 cm³/mol. The average molecular weight is 150 g/mol. The molecule has 54 valence electrons. The van der Waals surface area contributed by atoms with Crippen LogP contribution in [0.4, 0.5) is 0 Å². The van der Waals surface area contributed by atoms with E-state index in [-0.39, 0.29) is 10.8 Å². The fourth-order valence-corrected chi connectivity index (χ4v) is 0.515.